The molecule has 0 saturated carbocycles. The molecule has 0 aliphatic carbocycles. The van der Waals surface area contributed by atoms with Gasteiger partial charge in [-0.1, -0.05) is 50.2 Å². The largest absolute Gasteiger partial charge is 0.488 e. The van der Waals surface area contributed by atoms with Crippen molar-refractivity contribution in [1.82, 2.24) is 14.7 Å². The van der Waals surface area contributed by atoms with Crippen molar-refractivity contribution in [2.24, 2.45) is 0 Å². The summed E-state index contributed by atoms with van der Waals surface area (Å²) in [5.41, 5.74) is 3.06. The molecule has 2 aromatic carbocycles. The molecule has 1 spiro atoms. The van der Waals surface area contributed by atoms with E-state index in [1.165, 1.54) is 0 Å². The molecule has 2 unspecified atom stereocenters. The summed E-state index contributed by atoms with van der Waals surface area (Å²) >= 11 is 0. The maximum atomic E-state index is 12.8. The fourth-order valence-electron chi connectivity index (χ4n) is 5.91. The first kappa shape index (κ1) is 41.3. The monoisotopic (exact) mass is 725 g/mol. The number of carboxylic acids is 4. The first-order chi connectivity index (χ1) is 24.9. The molecule has 2 fully saturated rings. The fraction of sp³-hybridized carbons (Fsp3) is 0.432. The molecule has 282 valence electrons. The van der Waals surface area contributed by atoms with Crippen LogP contribution in [0.5, 0.6) is 5.75 Å². The number of hydrogen-bond acceptors (Lipinski definition) is 10. The summed E-state index contributed by atoms with van der Waals surface area (Å²) in [6, 6.07) is 16.3. The highest BCUT2D eigenvalue weighted by Gasteiger charge is 2.49. The molecular weight excluding hydrogens is 678 g/mol. The van der Waals surface area contributed by atoms with Crippen LogP contribution in [0.1, 0.15) is 43.4 Å². The molecule has 3 heterocycles. The summed E-state index contributed by atoms with van der Waals surface area (Å²) in [4.78, 5) is 57.7. The van der Waals surface area contributed by atoms with Gasteiger partial charge >= 0.3 is 23.9 Å². The molecule has 15 heteroatoms. The number of ether oxygens (including phenoxy) is 3. The first-order valence-corrected chi connectivity index (χ1v) is 17.0. The van der Waals surface area contributed by atoms with Crippen LogP contribution in [0.25, 0.3) is 0 Å². The van der Waals surface area contributed by atoms with Gasteiger partial charge in [-0.2, -0.15) is 0 Å². The number of amides is 1. The standard InChI is InChI=1S/C29H39N3O4.2C4H4O4/c1-3-13-32(14-4-2)28(33)20-31-17-15-30(16-18-31)19-24-22-35-29(36-24)25-10-6-5-9-23(25)21-34-27-12-8-7-11-26(27)29;2*5-3(6)1-2-4(7)8/h5-12,24H,3-4,13-22H2,1-2H3;2*1-2H,(H,5,6)(H,7,8)/b;2*2-1+. The van der Waals surface area contributed by atoms with Crippen LogP contribution in [0.15, 0.2) is 72.8 Å². The summed E-state index contributed by atoms with van der Waals surface area (Å²) in [6.07, 6.45) is 4.20. The van der Waals surface area contributed by atoms with E-state index in [9.17, 15) is 24.0 Å². The zero-order valence-corrected chi connectivity index (χ0v) is 29.4. The van der Waals surface area contributed by atoms with Gasteiger partial charge in [-0.15, -0.1) is 0 Å². The highest BCUT2D eigenvalue weighted by atomic mass is 16.7. The SMILES string of the molecule is CCCN(CCC)C(=O)CN1CCN(CC2COC3(O2)c2ccccc2COc2ccccc23)CC1.O=C(O)/C=C/C(=O)O.O=C(O)/C=C/C(=O)O. The maximum Gasteiger partial charge on any atom is 0.328 e. The third kappa shape index (κ3) is 12.6. The molecule has 3 aliphatic rings. The van der Waals surface area contributed by atoms with Gasteiger partial charge in [0.2, 0.25) is 11.7 Å². The predicted molar refractivity (Wildman–Crippen MR) is 188 cm³/mol. The van der Waals surface area contributed by atoms with Crippen LogP contribution in [0.3, 0.4) is 0 Å². The molecule has 2 saturated heterocycles. The average Bonchev–Trinajstić information content (AvgIpc) is 3.49. The zero-order valence-electron chi connectivity index (χ0n) is 29.4. The van der Waals surface area contributed by atoms with Crippen LogP contribution < -0.4 is 4.74 Å². The van der Waals surface area contributed by atoms with E-state index in [0.29, 0.717) is 44.1 Å². The Morgan fingerprint density at radius 2 is 1.25 bits per heavy atom. The number of nitrogens with zero attached hydrogens (tertiary/aromatic N) is 3. The van der Waals surface area contributed by atoms with Gasteiger partial charge in [0.25, 0.3) is 0 Å². The summed E-state index contributed by atoms with van der Waals surface area (Å²) in [6.45, 7) is 12.0. The Kier molecular flexibility index (Phi) is 16.4. The van der Waals surface area contributed by atoms with Crippen LogP contribution in [0.2, 0.25) is 0 Å². The highest BCUT2D eigenvalue weighted by Crippen LogP contribution is 2.47. The van der Waals surface area contributed by atoms with Crippen LogP contribution in [0, 0.1) is 0 Å². The number of benzene rings is 2. The second kappa shape index (κ2) is 20.7. The van der Waals surface area contributed by atoms with Crippen molar-refractivity contribution in [2.75, 3.05) is 59.0 Å². The van der Waals surface area contributed by atoms with E-state index in [2.05, 4.69) is 41.8 Å². The van der Waals surface area contributed by atoms with Gasteiger partial charge in [-0.05, 0) is 30.5 Å². The molecule has 2 aromatic rings. The topological polar surface area (TPSA) is 204 Å². The Labute approximate surface area is 302 Å². The molecule has 52 heavy (non-hydrogen) atoms. The molecule has 0 aromatic heterocycles. The molecular formula is C37H47N3O12. The number of hydrogen-bond donors (Lipinski definition) is 4. The number of carboxylic acid groups (broad SMARTS) is 4. The summed E-state index contributed by atoms with van der Waals surface area (Å²) < 4.78 is 19.4. The molecule has 1 amide bonds. The van der Waals surface area contributed by atoms with Crippen molar-refractivity contribution in [3.8, 4) is 5.75 Å². The van der Waals surface area contributed by atoms with Crippen LogP contribution in [-0.2, 0) is 45.8 Å². The first-order valence-electron chi connectivity index (χ1n) is 17.0. The van der Waals surface area contributed by atoms with Gasteiger partial charge in [0.1, 0.15) is 12.4 Å². The molecule has 4 N–H and O–H groups in total. The fourth-order valence-corrected chi connectivity index (χ4v) is 5.91. The molecule has 2 atom stereocenters. The van der Waals surface area contributed by atoms with Gasteiger partial charge in [-0.3, -0.25) is 14.6 Å². The lowest BCUT2D eigenvalue weighted by molar-refractivity contribution is -0.145. The van der Waals surface area contributed by atoms with E-state index < -0.39 is 29.7 Å². The Hall–Kier alpha value is -5.09. The van der Waals surface area contributed by atoms with Gasteiger partial charge in [-0.25, -0.2) is 19.2 Å². The minimum absolute atomic E-state index is 0.0398. The van der Waals surface area contributed by atoms with E-state index in [4.69, 9.17) is 34.6 Å². The number of rotatable bonds is 12. The van der Waals surface area contributed by atoms with Crippen molar-refractivity contribution in [3.63, 3.8) is 0 Å². The normalized spacial score (nSPS) is 19.6. The van der Waals surface area contributed by atoms with Gasteiger partial charge in [0, 0.05) is 75.7 Å². The Bertz CT molecular complexity index is 1470. The van der Waals surface area contributed by atoms with Crippen molar-refractivity contribution >= 4 is 29.8 Å². The molecule has 0 bridgehead atoms. The predicted octanol–water partition coefficient (Wildman–Crippen LogP) is 2.89. The van der Waals surface area contributed by atoms with Crippen molar-refractivity contribution in [1.29, 1.82) is 0 Å². The van der Waals surface area contributed by atoms with Crippen molar-refractivity contribution in [3.05, 3.63) is 89.5 Å². The van der Waals surface area contributed by atoms with E-state index >= 15 is 0 Å². The third-order valence-electron chi connectivity index (χ3n) is 8.16. The molecule has 5 rings (SSSR count). The van der Waals surface area contributed by atoms with Crippen LogP contribution in [-0.4, -0.2) is 130 Å². The minimum atomic E-state index is -1.26. The number of carbonyl (C=O) groups excluding carboxylic acids is 1. The van der Waals surface area contributed by atoms with E-state index in [0.717, 1.165) is 81.1 Å². The number of fused-ring (bicyclic) bond motifs is 4. The Balaban J connectivity index is 0.000000380. The summed E-state index contributed by atoms with van der Waals surface area (Å²) in [7, 11) is 0. The summed E-state index contributed by atoms with van der Waals surface area (Å²) in [5, 5.41) is 31.2. The second-order valence-corrected chi connectivity index (χ2v) is 12.1. The smallest absolute Gasteiger partial charge is 0.328 e. The molecule has 15 nitrogen and oxygen atoms in total. The molecule has 0 radical (unpaired) electrons. The zero-order chi connectivity index (χ0) is 38.1. The van der Waals surface area contributed by atoms with Crippen molar-refractivity contribution in [2.45, 2.75) is 45.2 Å². The van der Waals surface area contributed by atoms with Crippen LogP contribution in [0.4, 0.5) is 0 Å². The number of piperazine rings is 1. The Morgan fingerprint density at radius 3 is 1.79 bits per heavy atom. The third-order valence-corrected chi connectivity index (χ3v) is 8.16. The van der Waals surface area contributed by atoms with E-state index in [1.807, 2.05) is 35.2 Å². The number of aliphatic carboxylic acids is 4. The second-order valence-electron chi connectivity index (χ2n) is 12.1. The minimum Gasteiger partial charge on any atom is -0.488 e. The van der Waals surface area contributed by atoms with Crippen LogP contribution >= 0.6 is 0 Å². The lowest BCUT2D eigenvalue weighted by atomic mass is 9.93. The average molecular weight is 726 g/mol. The van der Waals surface area contributed by atoms with E-state index in [-0.39, 0.29) is 12.0 Å². The van der Waals surface area contributed by atoms with E-state index in [1.54, 1.807) is 0 Å². The highest BCUT2D eigenvalue weighted by molar-refractivity contribution is 5.90. The quantitative estimate of drug-likeness (QED) is 0.233. The van der Waals surface area contributed by atoms with Gasteiger partial charge in [0.15, 0.2) is 0 Å². The lowest BCUT2D eigenvalue weighted by Crippen LogP contribution is -2.51. The Morgan fingerprint density at radius 1 is 0.750 bits per heavy atom. The lowest BCUT2D eigenvalue weighted by Gasteiger charge is -2.36. The summed E-state index contributed by atoms with van der Waals surface area (Å²) in [5.74, 6) is -4.90. The number of carbonyl (C=O) groups is 5. The van der Waals surface area contributed by atoms with Crippen molar-refractivity contribution < 1.29 is 58.6 Å². The number of para-hydroxylation sites is 1. The maximum absolute atomic E-state index is 12.8. The van der Waals surface area contributed by atoms with Gasteiger partial charge < -0.3 is 39.5 Å². The molecule has 3 aliphatic heterocycles. The van der Waals surface area contributed by atoms with Gasteiger partial charge in [0.05, 0.1) is 24.8 Å².